The van der Waals surface area contributed by atoms with E-state index in [2.05, 4.69) is 53.2 Å². The summed E-state index contributed by atoms with van der Waals surface area (Å²) in [6.07, 6.45) is 2.12. The van der Waals surface area contributed by atoms with Crippen molar-refractivity contribution in [2.24, 2.45) is 5.73 Å². The smallest absolute Gasteiger partial charge is 0.105 e. The lowest BCUT2D eigenvalue weighted by Crippen LogP contribution is -2.30. The number of halogens is 1. The van der Waals surface area contributed by atoms with Crippen LogP contribution in [0.15, 0.2) is 22.7 Å². The van der Waals surface area contributed by atoms with Gasteiger partial charge in [0.25, 0.3) is 0 Å². The average molecular weight is 333 g/mol. The van der Waals surface area contributed by atoms with Gasteiger partial charge in [0.1, 0.15) is 4.99 Å². The third-order valence-electron chi connectivity index (χ3n) is 2.69. The molecule has 0 aliphatic rings. The summed E-state index contributed by atoms with van der Waals surface area (Å²) < 4.78 is 0.950. The predicted octanol–water partition coefficient (Wildman–Crippen LogP) is 3.27. The highest BCUT2D eigenvalue weighted by atomic mass is 79.9. The molecule has 0 saturated carbocycles. The molecule has 1 aromatic rings. The van der Waals surface area contributed by atoms with Crippen LogP contribution in [0.5, 0.6) is 0 Å². The summed E-state index contributed by atoms with van der Waals surface area (Å²) in [4.78, 5) is 2.67. The molecule has 0 aliphatic heterocycles. The standard InChI is InChI=1S/C12H17BrN2S2/c1-8(7-17-3)15(2)9-4-5-10(12(14)16)11(13)6-9/h4-6,8H,7H2,1-3H3,(H2,14,16). The maximum absolute atomic E-state index is 5.63. The molecule has 0 saturated heterocycles. The normalized spacial score (nSPS) is 12.2. The van der Waals surface area contributed by atoms with E-state index in [1.54, 1.807) is 0 Å². The van der Waals surface area contributed by atoms with Crippen LogP contribution in [0.25, 0.3) is 0 Å². The SMILES string of the molecule is CSCC(C)N(C)c1ccc(C(N)=S)c(Br)c1. The van der Waals surface area contributed by atoms with Crippen molar-refractivity contribution in [3.63, 3.8) is 0 Å². The molecule has 1 aromatic carbocycles. The molecule has 0 fully saturated rings. The molecule has 0 amide bonds. The number of thioether (sulfide) groups is 1. The molecular formula is C12H17BrN2S2. The molecule has 1 atom stereocenters. The zero-order chi connectivity index (χ0) is 13.0. The lowest BCUT2D eigenvalue weighted by molar-refractivity contribution is 0.765. The molecule has 0 aliphatic carbocycles. The zero-order valence-corrected chi connectivity index (χ0v) is 13.5. The minimum Gasteiger partial charge on any atom is -0.389 e. The Morgan fingerprint density at radius 2 is 2.24 bits per heavy atom. The van der Waals surface area contributed by atoms with Crippen molar-refractivity contribution in [1.29, 1.82) is 0 Å². The maximum atomic E-state index is 5.63. The Hall–Kier alpha value is -0.260. The third-order valence-corrected chi connectivity index (χ3v) is 4.39. The number of benzene rings is 1. The van der Waals surface area contributed by atoms with Gasteiger partial charge in [-0.05, 0) is 47.3 Å². The van der Waals surface area contributed by atoms with Crippen LogP contribution in [0.1, 0.15) is 12.5 Å². The second kappa shape index (κ2) is 6.61. The number of thiocarbonyl (C=S) groups is 1. The van der Waals surface area contributed by atoms with Crippen LogP contribution in [0, 0.1) is 0 Å². The number of rotatable bonds is 5. The van der Waals surface area contributed by atoms with E-state index in [1.807, 2.05) is 17.8 Å². The van der Waals surface area contributed by atoms with Gasteiger partial charge in [0, 0.05) is 34.6 Å². The van der Waals surface area contributed by atoms with Gasteiger partial charge in [0.2, 0.25) is 0 Å². The Morgan fingerprint density at radius 1 is 1.59 bits per heavy atom. The summed E-state index contributed by atoms with van der Waals surface area (Å²) in [6, 6.07) is 6.57. The van der Waals surface area contributed by atoms with Gasteiger partial charge >= 0.3 is 0 Å². The number of anilines is 1. The fourth-order valence-electron chi connectivity index (χ4n) is 1.53. The van der Waals surface area contributed by atoms with Gasteiger partial charge in [0.15, 0.2) is 0 Å². The highest BCUT2D eigenvalue weighted by molar-refractivity contribution is 9.10. The van der Waals surface area contributed by atoms with Crippen molar-refractivity contribution >= 4 is 50.6 Å². The number of hydrogen-bond donors (Lipinski definition) is 1. The molecule has 2 N–H and O–H groups in total. The maximum Gasteiger partial charge on any atom is 0.105 e. The van der Waals surface area contributed by atoms with Gasteiger partial charge in [-0.3, -0.25) is 0 Å². The summed E-state index contributed by atoms with van der Waals surface area (Å²) in [6.45, 7) is 2.21. The second-order valence-electron chi connectivity index (χ2n) is 3.94. The van der Waals surface area contributed by atoms with Crippen LogP contribution in [-0.2, 0) is 0 Å². The monoisotopic (exact) mass is 332 g/mol. The van der Waals surface area contributed by atoms with Crippen LogP contribution in [0.3, 0.4) is 0 Å². The quantitative estimate of drug-likeness (QED) is 0.838. The highest BCUT2D eigenvalue weighted by Crippen LogP contribution is 2.25. The van der Waals surface area contributed by atoms with Crippen LogP contribution >= 0.6 is 39.9 Å². The van der Waals surface area contributed by atoms with E-state index < -0.39 is 0 Å². The first kappa shape index (κ1) is 14.8. The van der Waals surface area contributed by atoms with Crippen molar-refractivity contribution in [2.75, 3.05) is 24.0 Å². The Bertz CT molecular complexity index is 409. The van der Waals surface area contributed by atoms with Crippen LogP contribution in [0.4, 0.5) is 5.69 Å². The van der Waals surface area contributed by atoms with Gasteiger partial charge in [-0.15, -0.1) is 0 Å². The summed E-state index contributed by atoms with van der Waals surface area (Å²) in [5.74, 6) is 1.10. The molecule has 17 heavy (non-hydrogen) atoms. The van der Waals surface area contributed by atoms with Crippen molar-refractivity contribution in [3.8, 4) is 0 Å². The molecule has 5 heteroatoms. The van der Waals surface area contributed by atoms with E-state index in [9.17, 15) is 0 Å². The number of nitrogens with two attached hydrogens (primary N) is 1. The molecule has 1 unspecified atom stereocenters. The Labute approximate surface area is 121 Å². The summed E-state index contributed by atoms with van der Waals surface area (Å²) in [5, 5.41) is 0. The minimum atomic E-state index is 0.420. The summed E-state index contributed by atoms with van der Waals surface area (Å²) >= 11 is 10.3. The van der Waals surface area contributed by atoms with Crippen molar-refractivity contribution < 1.29 is 0 Å². The van der Waals surface area contributed by atoms with Gasteiger partial charge in [-0.25, -0.2) is 0 Å². The van der Waals surface area contributed by atoms with E-state index in [1.165, 1.54) is 5.69 Å². The van der Waals surface area contributed by atoms with Gasteiger partial charge in [-0.2, -0.15) is 11.8 Å². The molecule has 0 aromatic heterocycles. The zero-order valence-electron chi connectivity index (χ0n) is 10.2. The molecule has 0 bridgehead atoms. The summed E-state index contributed by atoms with van der Waals surface area (Å²) in [7, 11) is 2.10. The van der Waals surface area contributed by atoms with Crippen molar-refractivity contribution in [1.82, 2.24) is 0 Å². The molecule has 94 valence electrons. The van der Waals surface area contributed by atoms with Gasteiger partial charge in [-0.1, -0.05) is 12.2 Å². The van der Waals surface area contributed by atoms with E-state index in [-0.39, 0.29) is 0 Å². The molecule has 0 heterocycles. The van der Waals surface area contributed by atoms with E-state index in [0.29, 0.717) is 11.0 Å². The Morgan fingerprint density at radius 3 is 2.71 bits per heavy atom. The van der Waals surface area contributed by atoms with E-state index >= 15 is 0 Å². The van der Waals surface area contributed by atoms with Crippen molar-refractivity contribution in [2.45, 2.75) is 13.0 Å². The fraction of sp³-hybridized carbons (Fsp3) is 0.417. The van der Waals surface area contributed by atoms with E-state index in [4.69, 9.17) is 18.0 Å². The van der Waals surface area contributed by atoms with E-state index in [0.717, 1.165) is 15.8 Å². The van der Waals surface area contributed by atoms with Crippen LogP contribution in [0.2, 0.25) is 0 Å². The fourth-order valence-corrected chi connectivity index (χ4v) is 3.13. The molecule has 0 spiro atoms. The first-order valence-electron chi connectivity index (χ1n) is 5.28. The first-order chi connectivity index (χ1) is 7.97. The molecular weight excluding hydrogens is 316 g/mol. The number of hydrogen-bond acceptors (Lipinski definition) is 3. The lowest BCUT2D eigenvalue weighted by Gasteiger charge is -2.27. The number of nitrogens with zero attached hydrogens (tertiary/aromatic N) is 1. The molecule has 0 radical (unpaired) electrons. The topological polar surface area (TPSA) is 29.3 Å². The van der Waals surface area contributed by atoms with Crippen molar-refractivity contribution in [3.05, 3.63) is 28.2 Å². The third kappa shape index (κ3) is 3.86. The average Bonchev–Trinajstić information content (AvgIpc) is 2.27. The Balaban J connectivity index is 2.93. The molecule has 2 nitrogen and oxygen atoms in total. The minimum absolute atomic E-state index is 0.420. The second-order valence-corrected chi connectivity index (χ2v) is 6.15. The lowest BCUT2D eigenvalue weighted by atomic mass is 10.2. The van der Waals surface area contributed by atoms with Gasteiger partial charge in [0.05, 0.1) is 0 Å². The van der Waals surface area contributed by atoms with Crippen LogP contribution < -0.4 is 10.6 Å². The highest BCUT2D eigenvalue weighted by Gasteiger charge is 2.11. The van der Waals surface area contributed by atoms with Gasteiger partial charge < -0.3 is 10.6 Å². The first-order valence-corrected chi connectivity index (χ1v) is 7.88. The largest absolute Gasteiger partial charge is 0.389 e. The van der Waals surface area contributed by atoms with Crippen LogP contribution in [-0.4, -0.2) is 30.1 Å². The summed E-state index contributed by atoms with van der Waals surface area (Å²) in [5.41, 5.74) is 7.68. The predicted molar refractivity (Wildman–Crippen MR) is 86.3 cm³/mol. The Kier molecular flexibility index (Phi) is 5.76. The molecule has 1 rings (SSSR count).